The second-order valence-corrected chi connectivity index (χ2v) is 7.16. The van der Waals surface area contributed by atoms with E-state index in [0.717, 1.165) is 27.7 Å². The topological polar surface area (TPSA) is 76.2 Å². The standard InChI is InChI=1S/C20H18BrN3O3/c1-12-18(13-4-2-5-15(21)10-13)19(24-23-12)22-20(25)14-6-7-16-17(11-14)27-9-3-8-26-16/h2,4-7,10-11H,3,8-9H2,1H3,(H2,22,23,24,25). The molecule has 0 fully saturated rings. The first kappa shape index (κ1) is 17.6. The predicted molar refractivity (Wildman–Crippen MR) is 106 cm³/mol. The van der Waals surface area contributed by atoms with E-state index in [-0.39, 0.29) is 5.91 Å². The number of nitrogens with zero attached hydrogens (tertiary/aromatic N) is 1. The molecule has 0 radical (unpaired) electrons. The number of rotatable bonds is 3. The van der Waals surface area contributed by atoms with Crippen LogP contribution in [-0.4, -0.2) is 29.3 Å². The van der Waals surface area contributed by atoms with E-state index >= 15 is 0 Å². The van der Waals surface area contributed by atoms with Gasteiger partial charge in [0.15, 0.2) is 17.3 Å². The van der Waals surface area contributed by atoms with Gasteiger partial charge in [-0.1, -0.05) is 28.1 Å². The van der Waals surface area contributed by atoms with Gasteiger partial charge < -0.3 is 14.8 Å². The van der Waals surface area contributed by atoms with E-state index < -0.39 is 0 Å². The van der Waals surface area contributed by atoms with Gasteiger partial charge in [0.25, 0.3) is 5.91 Å². The lowest BCUT2D eigenvalue weighted by Gasteiger charge is -2.10. The number of H-pyrrole nitrogens is 1. The lowest BCUT2D eigenvalue weighted by molar-refractivity contribution is 0.102. The van der Waals surface area contributed by atoms with Gasteiger partial charge in [0, 0.05) is 27.7 Å². The highest BCUT2D eigenvalue weighted by Crippen LogP contribution is 2.33. The van der Waals surface area contributed by atoms with Crippen molar-refractivity contribution in [3.8, 4) is 22.6 Å². The fourth-order valence-corrected chi connectivity index (χ4v) is 3.40. The summed E-state index contributed by atoms with van der Waals surface area (Å²) in [6, 6.07) is 13.1. The van der Waals surface area contributed by atoms with Crippen molar-refractivity contribution < 1.29 is 14.3 Å². The van der Waals surface area contributed by atoms with Gasteiger partial charge in [0.2, 0.25) is 0 Å². The lowest BCUT2D eigenvalue weighted by atomic mass is 10.1. The first-order chi connectivity index (χ1) is 13.1. The Balaban J connectivity index is 1.62. The molecule has 1 amide bonds. The largest absolute Gasteiger partial charge is 0.490 e. The molecule has 0 saturated heterocycles. The van der Waals surface area contributed by atoms with Crippen molar-refractivity contribution in [1.29, 1.82) is 0 Å². The quantitative estimate of drug-likeness (QED) is 0.641. The number of carbonyl (C=O) groups is 1. The molecule has 0 saturated carbocycles. The average molecular weight is 428 g/mol. The van der Waals surface area contributed by atoms with Crippen molar-refractivity contribution in [2.45, 2.75) is 13.3 Å². The number of amides is 1. The Morgan fingerprint density at radius 2 is 1.96 bits per heavy atom. The van der Waals surface area contributed by atoms with Gasteiger partial charge in [0.1, 0.15) is 0 Å². The second-order valence-electron chi connectivity index (χ2n) is 6.25. The van der Waals surface area contributed by atoms with Crippen LogP contribution in [0.5, 0.6) is 11.5 Å². The van der Waals surface area contributed by atoms with Crippen molar-refractivity contribution in [3.05, 3.63) is 58.2 Å². The number of anilines is 1. The third-order valence-corrected chi connectivity index (χ3v) is 4.80. The summed E-state index contributed by atoms with van der Waals surface area (Å²) in [5, 5.41) is 10.1. The van der Waals surface area contributed by atoms with Crippen LogP contribution in [0.15, 0.2) is 46.9 Å². The molecule has 138 valence electrons. The first-order valence-electron chi connectivity index (χ1n) is 8.64. The summed E-state index contributed by atoms with van der Waals surface area (Å²) in [4.78, 5) is 12.8. The summed E-state index contributed by atoms with van der Waals surface area (Å²) < 4.78 is 12.2. The second kappa shape index (κ2) is 7.44. The Morgan fingerprint density at radius 1 is 1.15 bits per heavy atom. The molecular weight excluding hydrogens is 410 g/mol. The van der Waals surface area contributed by atoms with Crippen LogP contribution in [0, 0.1) is 6.92 Å². The highest BCUT2D eigenvalue weighted by molar-refractivity contribution is 9.10. The summed E-state index contributed by atoms with van der Waals surface area (Å²) in [6.45, 7) is 3.11. The number of nitrogens with one attached hydrogen (secondary N) is 2. The van der Waals surface area contributed by atoms with E-state index in [1.54, 1.807) is 18.2 Å². The van der Waals surface area contributed by atoms with Crippen LogP contribution >= 0.6 is 15.9 Å². The van der Waals surface area contributed by atoms with Crippen molar-refractivity contribution in [2.24, 2.45) is 0 Å². The van der Waals surface area contributed by atoms with Gasteiger partial charge in [0.05, 0.1) is 13.2 Å². The van der Waals surface area contributed by atoms with Crippen molar-refractivity contribution in [2.75, 3.05) is 18.5 Å². The van der Waals surface area contributed by atoms with Crippen LogP contribution in [0.3, 0.4) is 0 Å². The normalized spacial score (nSPS) is 13.1. The van der Waals surface area contributed by atoms with E-state index in [4.69, 9.17) is 9.47 Å². The Morgan fingerprint density at radius 3 is 2.78 bits per heavy atom. The van der Waals surface area contributed by atoms with E-state index in [1.807, 2.05) is 31.2 Å². The molecule has 4 rings (SSSR count). The minimum atomic E-state index is -0.256. The smallest absolute Gasteiger partial charge is 0.257 e. The van der Waals surface area contributed by atoms with Crippen LogP contribution in [-0.2, 0) is 0 Å². The van der Waals surface area contributed by atoms with Crippen LogP contribution < -0.4 is 14.8 Å². The molecule has 27 heavy (non-hydrogen) atoms. The molecule has 2 N–H and O–H groups in total. The third kappa shape index (κ3) is 3.68. The third-order valence-electron chi connectivity index (χ3n) is 4.30. The molecule has 3 aromatic rings. The predicted octanol–water partition coefficient (Wildman–Crippen LogP) is 4.56. The summed E-state index contributed by atoms with van der Waals surface area (Å²) in [7, 11) is 0. The van der Waals surface area contributed by atoms with Crippen molar-refractivity contribution >= 4 is 27.7 Å². The number of hydrogen-bond donors (Lipinski definition) is 2. The van der Waals surface area contributed by atoms with Crippen molar-refractivity contribution in [1.82, 2.24) is 10.2 Å². The Hall–Kier alpha value is -2.80. The fourth-order valence-electron chi connectivity index (χ4n) is 3.00. The molecule has 7 heteroatoms. The van der Waals surface area contributed by atoms with Gasteiger partial charge in [-0.2, -0.15) is 5.10 Å². The zero-order chi connectivity index (χ0) is 18.8. The zero-order valence-electron chi connectivity index (χ0n) is 14.7. The molecule has 6 nitrogen and oxygen atoms in total. The first-order valence-corrected chi connectivity index (χ1v) is 9.43. The van der Waals surface area contributed by atoms with Crippen molar-refractivity contribution in [3.63, 3.8) is 0 Å². The molecule has 0 spiro atoms. The van der Waals surface area contributed by atoms with Gasteiger partial charge in [-0.25, -0.2) is 0 Å². The van der Waals surface area contributed by atoms with Crippen LogP contribution in [0.4, 0.5) is 5.82 Å². The Labute approximate surface area is 165 Å². The maximum absolute atomic E-state index is 12.8. The Bertz CT molecular complexity index is 1000. The van der Waals surface area contributed by atoms with E-state index in [1.165, 1.54) is 0 Å². The van der Waals surface area contributed by atoms with Gasteiger partial charge in [-0.05, 0) is 42.8 Å². The van der Waals surface area contributed by atoms with Crippen LogP contribution in [0.1, 0.15) is 22.5 Å². The molecule has 1 aliphatic heterocycles. The molecule has 1 aromatic heterocycles. The average Bonchev–Trinajstić information content (AvgIpc) is 2.87. The van der Waals surface area contributed by atoms with Gasteiger partial charge in [-0.3, -0.25) is 9.89 Å². The van der Waals surface area contributed by atoms with Crippen LogP contribution in [0.2, 0.25) is 0 Å². The maximum atomic E-state index is 12.8. The van der Waals surface area contributed by atoms with E-state index in [2.05, 4.69) is 31.4 Å². The molecule has 2 aromatic carbocycles. The number of hydrogen-bond acceptors (Lipinski definition) is 4. The molecule has 1 aliphatic rings. The number of benzene rings is 2. The fraction of sp³-hybridized carbons (Fsp3) is 0.200. The number of carbonyl (C=O) groups excluding carboxylic acids is 1. The molecule has 0 aliphatic carbocycles. The minimum Gasteiger partial charge on any atom is -0.490 e. The van der Waals surface area contributed by atoms with Crippen LogP contribution in [0.25, 0.3) is 11.1 Å². The number of halogens is 1. The summed E-state index contributed by atoms with van der Waals surface area (Å²) in [5.41, 5.74) is 3.19. The molecule has 0 unspecified atom stereocenters. The number of aromatic nitrogens is 2. The number of aryl methyl sites for hydroxylation is 1. The molecule has 0 atom stereocenters. The van der Waals surface area contributed by atoms with E-state index in [0.29, 0.717) is 36.1 Å². The lowest BCUT2D eigenvalue weighted by Crippen LogP contribution is -2.13. The highest BCUT2D eigenvalue weighted by Gasteiger charge is 2.18. The Kier molecular flexibility index (Phi) is 4.85. The summed E-state index contributed by atoms with van der Waals surface area (Å²) >= 11 is 3.48. The molecule has 0 bridgehead atoms. The molecular formula is C20H18BrN3O3. The van der Waals surface area contributed by atoms with Gasteiger partial charge >= 0.3 is 0 Å². The number of ether oxygens (including phenoxy) is 2. The summed E-state index contributed by atoms with van der Waals surface area (Å²) in [5.74, 6) is 1.48. The minimum absolute atomic E-state index is 0.256. The summed E-state index contributed by atoms with van der Waals surface area (Å²) in [6.07, 6.45) is 0.818. The number of aromatic amines is 1. The van der Waals surface area contributed by atoms with Gasteiger partial charge in [-0.15, -0.1) is 0 Å². The zero-order valence-corrected chi connectivity index (χ0v) is 16.3. The maximum Gasteiger partial charge on any atom is 0.257 e. The monoisotopic (exact) mass is 427 g/mol. The highest BCUT2D eigenvalue weighted by atomic mass is 79.9. The number of fused-ring (bicyclic) bond motifs is 1. The SMILES string of the molecule is Cc1[nH]nc(NC(=O)c2ccc3c(c2)OCCCO3)c1-c1cccc(Br)c1. The molecule has 2 heterocycles. The van der Waals surface area contributed by atoms with E-state index in [9.17, 15) is 4.79 Å².